The Hall–Kier alpha value is -3.80. The molecule has 4 aromatic rings. The summed E-state index contributed by atoms with van der Waals surface area (Å²) in [6.07, 6.45) is 3.11. The monoisotopic (exact) mass is 359 g/mol. The number of hydrogen-bond acceptors (Lipinski definition) is 3. The highest BCUT2D eigenvalue weighted by molar-refractivity contribution is 6.05. The first-order valence-corrected chi connectivity index (χ1v) is 8.25. The highest BCUT2D eigenvalue weighted by Gasteiger charge is 2.17. The average molecular weight is 359 g/mol. The fraction of sp³-hybridized carbons (Fsp3) is 0. The Morgan fingerprint density at radius 2 is 1.78 bits per heavy atom. The first-order valence-electron chi connectivity index (χ1n) is 8.25. The van der Waals surface area contributed by atoms with Crippen molar-refractivity contribution in [3.8, 4) is 5.69 Å². The molecule has 0 aliphatic carbocycles. The molecule has 0 saturated carbocycles. The van der Waals surface area contributed by atoms with Crippen LogP contribution in [0.4, 0.5) is 10.1 Å². The Kier molecular flexibility index (Phi) is 4.22. The maximum atomic E-state index is 13.3. The second-order valence-corrected chi connectivity index (χ2v) is 5.93. The fourth-order valence-corrected chi connectivity index (χ4v) is 2.90. The minimum absolute atomic E-state index is 0.147. The lowest BCUT2D eigenvalue weighted by Gasteiger charge is -2.14. The molecule has 0 bridgehead atoms. The van der Waals surface area contributed by atoms with Crippen LogP contribution in [0.1, 0.15) is 10.5 Å². The molecule has 2 aromatic heterocycles. The lowest BCUT2D eigenvalue weighted by Crippen LogP contribution is -2.27. The molecule has 0 unspecified atom stereocenters. The van der Waals surface area contributed by atoms with E-state index in [4.69, 9.17) is 0 Å². The van der Waals surface area contributed by atoms with E-state index >= 15 is 0 Å². The minimum atomic E-state index is -0.463. The summed E-state index contributed by atoms with van der Waals surface area (Å²) >= 11 is 0. The number of rotatable bonds is 3. The molecule has 6 heteroatoms. The molecule has 2 aromatic carbocycles. The van der Waals surface area contributed by atoms with E-state index in [0.29, 0.717) is 22.1 Å². The Morgan fingerprint density at radius 1 is 1.00 bits per heavy atom. The van der Waals surface area contributed by atoms with Crippen molar-refractivity contribution in [3.05, 3.63) is 101 Å². The number of amides is 1. The molecule has 0 spiro atoms. The molecule has 2 heterocycles. The van der Waals surface area contributed by atoms with Gasteiger partial charge in [0.1, 0.15) is 11.5 Å². The second kappa shape index (κ2) is 6.84. The predicted molar refractivity (Wildman–Crippen MR) is 102 cm³/mol. The molecule has 132 valence electrons. The molecular formula is C21H14FN3O2. The highest BCUT2D eigenvalue weighted by atomic mass is 19.1. The van der Waals surface area contributed by atoms with Gasteiger partial charge in [0.25, 0.3) is 11.5 Å². The van der Waals surface area contributed by atoms with Crippen molar-refractivity contribution in [2.24, 2.45) is 0 Å². The molecule has 0 aliphatic heterocycles. The van der Waals surface area contributed by atoms with E-state index in [9.17, 15) is 14.0 Å². The zero-order valence-corrected chi connectivity index (χ0v) is 14.1. The average Bonchev–Trinajstić information content (AvgIpc) is 2.69. The van der Waals surface area contributed by atoms with Gasteiger partial charge < -0.3 is 5.32 Å². The van der Waals surface area contributed by atoms with Crippen LogP contribution in [0.5, 0.6) is 0 Å². The van der Waals surface area contributed by atoms with Gasteiger partial charge in [0.05, 0.1) is 11.9 Å². The third kappa shape index (κ3) is 3.20. The van der Waals surface area contributed by atoms with Crippen molar-refractivity contribution in [1.29, 1.82) is 0 Å². The number of aromatic nitrogens is 2. The summed E-state index contributed by atoms with van der Waals surface area (Å²) < 4.78 is 14.6. The van der Waals surface area contributed by atoms with E-state index in [1.54, 1.807) is 48.7 Å². The Balaban J connectivity index is 1.92. The maximum Gasteiger partial charge on any atom is 0.272 e. The van der Waals surface area contributed by atoms with Crippen LogP contribution >= 0.6 is 0 Å². The van der Waals surface area contributed by atoms with Crippen molar-refractivity contribution in [2.75, 3.05) is 5.32 Å². The summed E-state index contributed by atoms with van der Waals surface area (Å²) in [5.41, 5.74) is 0.711. The number of hydrogen-bond donors (Lipinski definition) is 1. The topological polar surface area (TPSA) is 64.0 Å². The van der Waals surface area contributed by atoms with Crippen LogP contribution in [0.25, 0.3) is 16.5 Å². The van der Waals surface area contributed by atoms with E-state index in [0.717, 1.165) is 0 Å². The van der Waals surface area contributed by atoms with Gasteiger partial charge in [-0.15, -0.1) is 0 Å². The van der Waals surface area contributed by atoms with Crippen molar-refractivity contribution < 1.29 is 9.18 Å². The number of carbonyl (C=O) groups excluding carboxylic acids is 1. The molecule has 1 N–H and O–H groups in total. The number of benzene rings is 2. The summed E-state index contributed by atoms with van der Waals surface area (Å²) in [5, 5.41) is 3.86. The SMILES string of the molecule is O=C(Nc1cccnc1)c1cc2ccccc2c(=O)n1-c1ccc(F)cc1. The van der Waals surface area contributed by atoms with Gasteiger partial charge >= 0.3 is 0 Å². The molecule has 0 saturated heterocycles. The van der Waals surface area contributed by atoms with Gasteiger partial charge in [-0.3, -0.25) is 19.1 Å². The van der Waals surface area contributed by atoms with E-state index in [-0.39, 0.29) is 11.3 Å². The molecule has 0 radical (unpaired) electrons. The van der Waals surface area contributed by atoms with Crippen LogP contribution in [0.15, 0.2) is 83.9 Å². The van der Waals surface area contributed by atoms with Gasteiger partial charge in [-0.25, -0.2) is 4.39 Å². The normalized spacial score (nSPS) is 10.7. The lowest BCUT2D eigenvalue weighted by molar-refractivity contribution is 0.102. The van der Waals surface area contributed by atoms with Crippen LogP contribution < -0.4 is 10.9 Å². The quantitative estimate of drug-likeness (QED) is 0.605. The Labute approximate surface area is 153 Å². The van der Waals surface area contributed by atoms with Gasteiger partial charge in [-0.2, -0.15) is 0 Å². The van der Waals surface area contributed by atoms with E-state index < -0.39 is 11.7 Å². The summed E-state index contributed by atoms with van der Waals surface area (Å²) in [7, 11) is 0. The number of carbonyl (C=O) groups is 1. The van der Waals surface area contributed by atoms with Gasteiger partial charge in [-0.1, -0.05) is 18.2 Å². The van der Waals surface area contributed by atoms with Crippen molar-refractivity contribution in [3.63, 3.8) is 0 Å². The summed E-state index contributed by atoms with van der Waals surface area (Å²) in [6, 6.07) is 17.5. The van der Waals surface area contributed by atoms with Gasteiger partial charge in [0.2, 0.25) is 0 Å². The van der Waals surface area contributed by atoms with Gasteiger partial charge in [-0.05, 0) is 53.9 Å². The molecule has 1 amide bonds. The number of nitrogens with zero attached hydrogens (tertiary/aromatic N) is 2. The number of fused-ring (bicyclic) bond motifs is 1. The van der Waals surface area contributed by atoms with Gasteiger partial charge in [0.15, 0.2) is 0 Å². The van der Waals surface area contributed by atoms with Crippen LogP contribution in [-0.2, 0) is 0 Å². The highest BCUT2D eigenvalue weighted by Crippen LogP contribution is 2.18. The fourth-order valence-electron chi connectivity index (χ4n) is 2.90. The van der Waals surface area contributed by atoms with Crippen LogP contribution in [0.3, 0.4) is 0 Å². The van der Waals surface area contributed by atoms with Crippen molar-refractivity contribution >= 4 is 22.4 Å². The Morgan fingerprint density at radius 3 is 2.52 bits per heavy atom. The molecular weight excluding hydrogens is 345 g/mol. The second-order valence-electron chi connectivity index (χ2n) is 5.93. The first kappa shape index (κ1) is 16.7. The van der Waals surface area contributed by atoms with Crippen LogP contribution in [-0.4, -0.2) is 15.5 Å². The summed E-state index contributed by atoms with van der Waals surface area (Å²) in [5.74, 6) is -0.885. The molecule has 5 nitrogen and oxygen atoms in total. The predicted octanol–water partition coefficient (Wildman–Crippen LogP) is 3.78. The third-order valence-corrected chi connectivity index (χ3v) is 4.16. The van der Waals surface area contributed by atoms with Crippen LogP contribution in [0, 0.1) is 5.82 Å². The van der Waals surface area contributed by atoms with Crippen LogP contribution in [0.2, 0.25) is 0 Å². The van der Waals surface area contributed by atoms with Gasteiger partial charge in [0, 0.05) is 17.3 Å². The lowest BCUT2D eigenvalue weighted by atomic mass is 10.1. The summed E-state index contributed by atoms with van der Waals surface area (Å²) in [4.78, 5) is 29.9. The van der Waals surface area contributed by atoms with Crippen molar-refractivity contribution in [2.45, 2.75) is 0 Å². The third-order valence-electron chi connectivity index (χ3n) is 4.16. The zero-order chi connectivity index (χ0) is 18.8. The Bertz CT molecular complexity index is 1190. The first-order chi connectivity index (χ1) is 13.1. The summed E-state index contributed by atoms with van der Waals surface area (Å²) in [6.45, 7) is 0. The number of pyridine rings is 2. The van der Waals surface area contributed by atoms with E-state index in [1.165, 1.54) is 35.0 Å². The number of nitrogens with one attached hydrogen (secondary N) is 1. The molecule has 4 rings (SSSR count). The van der Waals surface area contributed by atoms with Crippen molar-refractivity contribution in [1.82, 2.24) is 9.55 Å². The zero-order valence-electron chi connectivity index (χ0n) is 14.1. The van der Waals surface area contributed by atoms with E-state index in [1.807, 2.05) is 0 Å². The standard InChI is InChI=1S/C21H14FN3O2/c22-15-7-9-17(10-8-15)25-19(20(26)24-16-5-3-11-23-13-16)12-14-4-1-2-6-18(14)21(25)27/h1-13H,(H,24,26). The number of anilines is 1. The molecule has 0 atom stereocenters. The molecule has 0 aliphatic rings. The number of halogens is 1. The smallest absolute Gasteiger partial charge is 0.272 e. The molecule has 27 heavy (non-hydrogen) atoms. The minimum Gasteiger partial charge on any atom is -0.319 e. The maximum absolute atomic E-state index is 13.3. The largest absolute Gasteiger partial charge is 0.319 e. The molecule has 0 fully saturated rings. The van der Waals surface area contributed by atoms with E-state index in [2.05, 4.69) is 10.3 Å².